The van der Waals surface area contributed by atoms with Gasteiger partial charge in [0.2, 0.25) is 5.43 Å². The molecular formula is C19H19N3O2. The van der Waals surface area contributed by atoms with Gasteiger partial charge in [0.1, 0.15) is 0 Å². The predicted octanol–water partition coefficient (Wildman–Crippen LogP) is 2.91. The molecule has 0 saturated heterocycles. The van der Waals surface area contributed by atoms with Crippen LogP contribution in [0.1, 0.15) is 23.0 Å². The molecule has 5 heteroatoms. The van der Waals surface area contributed by atoms with Gasteiger partial charge in [-0.05, 0) is 38.1 Å². The van der Waals surface area contributed by atoms with Crippen LogP contribution in [0.2, 0.25) is 0 Å². The second kappa shape index (κ2) is 6.28. The first-order valence-electron chi connectivity index (χ1n) is 7.87. The number of fused-ring (bicyclic) bond motifs is 1. The first kappa shape index (κ1) is 15.9. The largest absolute Gasteiger partial charge is 0.307 e. The molecule has 0 N–H and O–H groups in total. The monoisotopic (exact) mass is 321 g/mol. The average molecular weight is 321 g/mol. The van der Waals surface area contributed by atoms with Gasteiger partial charge in [-0.2, -0.15) is 5.10 Å². The first-order valence-corrected chi connectivity index (χ1v) is 7.87. The van der Waals surface area contributed by atoms with Gasteiger partial charge in [-0.25, -0.2) is 0 Å². The van der Waals surface area contributed by atoms with Gasteiger partial charge in [0, 0.05) is 19.3 Å². The number of hydrogen-bond donors (Lipinski definition) is 0. The highest BCUT2D eigenvalue weighted by atomic mass is 16.2. The number of para-hydroxylation sites is 1. The lowest BCUT2D eigenvalue weighted by Crippen LogP contribution is -2.36. The smallest absolute Gasteiger partial charge is 0.282 e. The number of nitrogens with zero attached hydrogens (tertiary/aromatic N) is 3. The Morgan fingerprint density at radius 1 is 1.17 bits per heavy atom. The van der Waals surface area contributed by atoms with E-state index in [0.29, 0.717) is 17.4 Å². The maximum Gasteiger partial charge on any atom is 0.282 e. The fraction of sp³-hybridized carbons (Fsp3) is 0.211. The second-order valence-electron chi connectivity index (χ2n) is 5.71. The summed E-state index contributed by atoms with van der Waals surface area (Å²) in [7, 11) is 1.74. The molecule has 0 unspecified atom stereocenters. The van der Waals surface area contributed by atoms with Crippen molar-refractivity contribution in [2.75, 3.05) is 11.4 Å². The Balaban J connectivity index is 2.16. The van der Waals surface area contributed by atoms with Crippen LogP contribution in [0.15, 0.2) is 53.3 Å². The number of carbonyl (C=O) groups excluding carboxylic acids is 1. The highest BCUT2D eigenvalue weighted by Crippen LogP contribution is 2.16. The SMILES string of the molecule is CCN(C(=O)c1nn(C)c2ccc(C)cc2c1=O)c1ccccc1. The minimum atomic E-state index is -0.382. The lowest BCUT2D eigenvalue weighted by Gasteiger charge is -2.20. The number of aryl methyl sites for hydroxylation is 2. The van der Waals surface area contributed by atoms with E-state index >= 15 is 0 Å². The molecule has 0 spiro atoms. The van der Waals surface area contributed by atoms with Crippen molar-refractivity contribution >= 4 is 22.5 Å². The molecule has 24 heavy (non-hydrogen) atoms. The number of amides is 1. The Morgan fingerprint density at radius 3 is 2.54 bits per heavy atom. The molecule has 5 nitrogen and oxygen atoms in total. The van der Waals surface area contributed by atoms with Crippen molar-refractivity contribution < 1.29 is 4.79 Å². The van der Waals surface area contributed by atoms with Crippen LogP contribution in [0.4, 0.5) is 5.69 Å². The van der Waals surface area contributed by atoms with Gasteiger partial charge >= 0.3 is 0 Å². The molecule has 1 amide bonds. The van der Waals surface area contributed by atoms with Gasteiger partial charge in [-0.1, -0.05) is 29.8 Å². The Kier molecular flexibility index (Phi) is 4.16. The summed E-state index contributed by atoms with van der Waals surface area (Å²) in [6.45, 7) is 4.25. The summed E-state index contributed by atoms with van der Waals surface area (Å²) in [5.41, 5.74) is 2.05. The Morgan fingerprint density at radius 2 is 1.88 bits per heavy atom. The lowest BCUT2D eigenvalue weighted by molar-refractivity contribution is 0.0980. The summed E-state index contributed by atoms with van der Waals surface area (Å²) >= 11 is 0. The molecule has 0 aliphatic rings. The highest BCUT2D eigenvalue weighted by Gasteiger charge is 2.22. The number of carbonyl (C=O) groups is 1. The molecule has 0 bridgehead atoms. The zero-order chi connectivity index (χ0) is 17.3. The van der Waals surface area contributed by atoms with Crippen molar-refractivity contribution in [3.05, 3.63) is 70.0 Å². The van der Waals surface area contributed by atoms with Gasteiger partial charge in [-0.15, -0.1) is 0 Å². The van der Waals surface area contributed by atoms with E-state index in [4.69, 9.17) is 0 Å². The van der Waals surface area contributed by atoms with E-state index in [2.05, 4.69) is 5.10 Å². The van der Waals surface area contributed by atoms with Gasteiger partial charge in [0.15, 0.2) is 5.69 Å². The summed E-state index contributed by atoms with van der Waals surface area (Å²) in [5, 5.41) is 4.75. The first-order chi connectivity index (χ1) is 11.5. The van der Waals surface area contributed by atoms with E-state index < -0.39 is 0 Å². The molecule has 0 fully saturated rings. The van der Waals surface area contributed by atoms with Gasteiger partial charge in [-0.3, -0.25) is 14.3 Å². The topological polar surface area (TPSA) is 55.2 Å². The molecule has 0 aliphatic carbocycles. The fourth-order valence-electron chi connectivity index (χ4n) is 2.81. The maximum absolute atomic E-state index is 12.9. The normalized spacial score (nSPS) is 10.8. The third-order valence-electron chi connectivity index (χ3n) is 4.04. The minimum absolute atomic E-state index is 0.0543. The minimum Gasteiger partial charge on any atom is -0.307 e. The summed E-state index contributed by atoms with van der Waals surface area (Å²) in [4.78, 5) is 27.3. The molecule has 0 saturated carbocycles. The summed E-state index contributed by atoms with van der Waals surface area (Å²) in [6.07, 6.45) is 0. The highest BCUT2D eigenvalue weighted by molar-refractivity contribution is 6.06. The van der Waals surface area contributed by atoms with Crippen molar-refractivity contribution in [2.24, 2.45) is 7.05 Å². The quantitative estimate of drug-likeness (QED) is 0.745. The zero-order valence-corrected chi connectivity index (χ0v) is 14.0. The summed E-state index contributed by atoms with van der Waals surface area (Å²) in [6, 6.07) is 14.9. The molecule has 1 heterocycles. The molecule has 122 valence electrons. The number of benzene rings is 2. The predicted molar refractivity (Wildman–Crippen MR) is 95.5 cm³/mol. The number of rotatable bonds is 3. The van der Waals surface area contributed by atoms with Crippen molar-refractivity contribution in [3.8, 4) is 0 Å². The molecule has 3 aromatic rings. The van der Waals surface area contributed by atoms with Crippen LogP contribution in [0.5, 0.6) is 0 Å². The Hall–Kier alpha value is -2.95. The molecule has 3 rings (SSSR count). The number of hydrogen-bond acceptors (Lipinski definition) is 3. The molecule has 2 aromatic carbocycles. The summed E-state index contributed by atoms with van der Waals surface area (Å²) in [5.74, 6) is -0.382. The van der Waals surface area contributed by atoms with E-state index in [9.17, 15) is 9.59 Å². The van der Waals surface area contributed by atoms with Crippen LogP contribution >= 0.6 is 0 Å². The second-order valence-corrected chi connectivity index (χ2v) is 5.71. The van der Waals surface area contributed by atoms with Gasteiger partial charge < -0.3 is 4.90 Å². The fourth-order valence-corrected chi connectivity index (χ4v) is 2.81. The lowest BCUT2D eigenvalue weighted by atomic mass is 10.1. The maximum atomic E-state index is 12.9. The standard InChI is InChI=1S/C19H19N3O2/c1-4-22(14-8-6-5-7-9-14)19(24)17-18(23)15-12-13(2)10-11-16(15)21(3)20-17/h5-12H,4H2,1-3H3. The average Bonchev–Trinajstić information content (AvgIpc) is 2.59. The van der Waals surface area contributed by atoms with E-state index in [-0.39, 0.29) is 17.0 Å². The Bertz CT molecular complexity index is 962. The molecule has 0 atom stereocenters. The Labute approximate surface area is 140 Å². The molecule has 0 radical (unpaired) electrons. The number of aromatic nitrogens is 2. The van der Waals surface area contributed by atoms with Crippen LogP contribution in [0.3, 0.4) is 0 Å². The third kappa shape index (κ3) is 2.69. The van der Waals surface area contributed by atoms with Crippen LogP contribution in [0.25, 0.3) is 10.9 Å². The number of anilines is 1. The van der Waals surface area contributed by atoms with Crippen LogP contribution in [-0.4, -0.2) is 22.2 Å². The van der Waals surface area contributed by atoms with E-state index in [0.717, 1.165) is 11.3 Å². The van der Waals surface area contributed by atoms with Crippen LogP contribution in [-0.2, 0) is 7.05 Å². The van der Waals surface area contributed by atoms with Crippen molar-refractivity contribution in [2.45, 2.75) is 13.8 Å². The molecule has 0 aliphatic heterocycles. The van der Waals surface area contributed by atoms with Gasteiger partial charge in [0.05, 0.1) is 10.9 Å². The van der Waals surface area contributed by atoms with E-state index in [1.165, 1.54) is 0 Å². The van der Waals surface area contributed by atoms with Crippen molar-refractivity contribution in [1.82, 2.24) is 9.78 Å². The van der Waals surface area contributed by atoms with E-state index in [1.54, 1.807) is 22.7 Å². The van der Waals surface area contributed by atoms with E-state index in [1.807, 2.05) is 56.3 Å². The van der Waals surface area contributed by atoms with Crippen molar-refractivity contribution in [3.63, 3.8) is 0 Å². The van der Waals surface area contributed by atoms with Crippen LogP contribution in [0, 0.1) is 6.92 Å². The zero-order valence-electron chi connectivity index (χ0n) is 14.0. The van der Waals surface area contributed by atoms with Crippen LogP contribution < -0.4 is 10.3 Å². The van der Waals surface area contributed by atoms with Gasteiger partial charge in [0.25, 0.3) is 5.91 Å². The van der Waals surface area contributed by atoms with Crippen molar-refractivity contribution in [1.29, 1.82) is 0 Å². The third-order valence-corrected chi connectivity index (χ3v) is 4.04. The summed E-state index contributed by atoms with van der Waals surface area (Å²) < 4.78 is 1.59. The molecule has 1 aromatic heterocycles. The molecular weight excluding hydrogens is 302 g/mol.